The summed E-state index contributed by atoms with van der Waals surface area (Å²) >= 11 is 0. The third-order valence-electron chi connectivity index (χ3n) is 5.51. The lowest BCUT2D eigenvalue weighted by atomic mass is 9.93. The Bertz CT molecular complexity index is 475. The molecule has 3 atom stereocenters. The summed E-state index contributed by atoms with van der Waals surface area (Å²) in [6.45, 7) is 7.21. The van der Waals surface area contributed by atoms with Crippen molar-refractivity contribution in [2.24, 2.45) is 17.8 Å². The van der Waals surface area contributed by atoms with Gasteiger partial charge in [0.25, 0.3) is 0 Å². The first-order valence-electron chi connectivity index (χ1n) is 8.63. The molecule has 1 nitrogen and oxygen atoms in total. The number of aryl methyl sites for hydroxylation is 2. The van der Waals surface area contributed by atoms with Gasteiger partial charge in [-0.1, -0.05) is 25.8 Å². The summed E-state index contributed by atoms with van der Waals surface area (Å²) in [5.41, 5.74) is 3.08. The van der Waals surface area contributed by atoms with Crippen LogP contribution in [0.5, 0.6) is 0 Å². The van der Waals surface area contributed by atoms with Crippen LogP contribution in [0, 0.1) is 37.4 Å². The van der Waals surface area contributed by atoms with Crippen molar-refractivity contribution in [3.05, 3.63) is 34.6 Å². The quantitative estimate of drug-likeness (QED) is 0.811. The molecule has 2 fully saturated rings. The molecule has 1 aromatic carbocycles. The van der Waals surface area contributed by atoms with Crippen LogP contribution in [0.1, 0.15) is 61.8 Å². The molecule has 1 aromatic rings. The summed E-state index contributed by atoms with van der Waals surface area (Å²) in [7, 11) is 0. The van der Waals surface area contributed by atoms with Gasteiger partial charge in [0.15, 0.2) is 0 Å². The van der Waals surface area contributed by atoms with Crippen molar-refractivity contribution in [3.63, 3.8) is 0 Å². The molecular weight excluding hydrogens is 261 g/mol. The number of benzene rings is 1. The van der Waals surface area contributed by atoms with Gasteiger partial charge >= 0.3 is 0 Å². The molecule has 0 bridgehead atoms. The van der Waals surface area contributed by atoms with E-state index in [1.54, 1.807) is 6.07 Å². The van der Waals surface area contributed by atoms with Crippen molar-refractivity contribution < 1.29 is 4.39 Å². The van der Waals surface area contributed by atoms with E-state index >= 15 is 0 Å². The van der Waals surface area contributed by atoms with Crippen molar-refractivity contribution in [1.82, 2.24) is 5.32 Å². The highest BCUT2D eigenvalue weighted by atomic mass is 19.1. The Labute approximate surface area is 128 Å². The highest BCUT2D eigenvalue weighted by Gasteiger charge is 2.54. The molecule has 116 valence electrons. The molecule has 0 heterocycles. The molecule has 2 saturated carbocycles. The molecular formula is C19H28FN. The maximum absolute atomic E-state index is 14.6. The molecule has 0 aliphatic heterocycles. The van der Waals surface area contributed by atoms with Gasteiger partial charge in [0.05, 0.1) is 0 Å². The fraction of sp³-hybridized carbons (Fsp3) is 0.684. The number of hydrogen-bond donors (Lipinski definition) is 1. The van der Waals surface area contributed by atoms with Crippen LogP contribution in [0.15, 0.2) is 12.1 Å². The molecule has 0 aromatic heterocycles. The third kappa shape index (κ3) is 2.88. The highest BCUT2D eigenvalue weighted by molar-refractivity contribution is 5.36. The van der Waals surface area contributed by atoms with Gasteiger partial charge in [-0.25, -0.2) is 4.39 Å². The topological polar surface area (TPSA) is 12.0 Å². The summed E-state index contributed by atoms with van der Waals surface area (Å²) in [6, 6.07) is 4.05. The number of rotatable bonds is 5. The Hall–Kier alpha value is -0.890. The van der Waals surface area contributed by atoms with E-state index in [0.29, 0.717) is 5.92 Å². The summed E-state index contributed by atoms with van der Waals surface area (Å²) in [5, 5.41) is 3.67. The minimum atomic E-state index is -0.00949. The lowest BCUT2D eigenvalue weighted by Crippen LogP contribution is -2.26. The zero-order valence-electron chi connectivity index (χ0n) is 13.6. The first kappa shape index (κ1) is 15.0. The van der Waals surface area contributed by atoms with Crippen LogP contribution >= 0.6 is 0 Å². The maximum atomic E-state index is 14.6. The van der Waals surface area contributed by atoms with Crippen LogP contribution in [-0.2, 0) is 0 Å². The average Bonchev–Trinajstić information content (AvgIpc) is 3.15. The lowest BCUT2D eigenvalue weighted by molar-refractivity contribution is 0.425. The Morgan fingerprint density at radius 2 is 1.86 bits per heavy atom. The Morgan fingerprint density at radius 1 is 1.19 bits per heavy atom. The monoisotopic (exact) mass is 289 g/mol. The van der Waals surface area contributed by atoms with Crippen molar-refractivity contribution in [1.29, 1.82) is 0 Å². The van der Waals surface area contributed by atoms with E-state index in [0.717, 1.165) is 41.5 Å². The molecule has 3 unspecified atom stereocenters. The van der Waals surface area contributed by atoms with Crippen LogP contribution in [0.4, 0.5) is 4.39 Å². The van der Waals surface area contributed by atoms with Gasteiger partial charge in [-0.2, -0.15) is 0 Å². The van der Waals surface area contributed by atoms with Crippen LogP contribution < -0.4 is 5.32 Å². The molecule has 0 saturated heterocycles. The molecule has 2 aliphatic carbocycles. The van der Waals surface area contributed by atoms with E-state index in [1.807, 2.05) is 6.92 Å². The van der Waals surface area contributed by atoms with E-state index in [-0.39, 0.29) is 11.9 Å². The van der Waals surface area contributed by atoms with E-state index in [2.05, 4.69) is 25.2 Å². The Kier molecular flexibility index (Phi) is 4.35. The summed E-state index contributed by atoms with van der Waals surface area (Å²) in [6.07, 6.45) is 6.55. The van der Waals surface area contributed by atoms with Crippen molar-refractivity contribution in [3.8, 4) is 0 Å². The van der Waals surface area contributed by atoms with Crippen molar-refractivity contribution in [2.75, 3.05) is 6.54 Å². The largest absolute Gasteiger partial charge is 0.310 e. The second-order valence-electron chi connectivity index (χ2n) is 7.10. The van der Waals surface area contributed by atoms with Gasteiger partial charge in [0, 0.05) is 11.6 Å². The van der Waals surface area contributed by atoms with Gasteiger partial charge in [0.2, 0.25) is 0 Å². The fourth-order valence-corrected chi connectivity index (χ4v) is 4.59. The molecule has 21 heavy (non-hydrogen) atoms. The second-order valence-corrected chi connectivity index (χ2v) is 7.10. The van der Waals surface area contributed by atoms with E-state index in [4.69, 9.17) is 0 Å². The van der Waals surface area contributed by atoms with Gasteiger partial charge in [-0.3, -0.25) is 0 Å². The summed E-state index contributed by atoms with van der Waals surface area (Å²) in [5.74, 6) is 2.33. The number of halogens is 1. The highest BCUT2D eigenvalue weighted by Crippen LogP contribution is 2.60. The molecule has 0 radical (unpaired) electrons. The minimum Gasteiger partial charge on any atom is -0.310 e. The first-order valence-corrected chi connectivity index (χ1v) is 8.63. The third-order valence-corrected chi connectivity index (χ3v) is 5.51. The van der Waals surface area contributed by atoms with Gasteiger partial charge in [0.1, 0.15) is 5.82 Å². The van der Waals surface area contributed by atoms with E-state index in [9.17, 15) is 4.39 Å². The average molecular weight is 289 g/mol. The predicted octanol–water partition coefficient (Wildman–Crippen LogP) is 4.92. The number of nitrogens with one attached hydrogen (secondary N) is 1. The Morgan fingerprint density at radius 3 is 2.43 bits per heavy atom. The van der Waals surface area contributed by atoms with Crippen LogP contribution in [0.3, 0.4) is 0 Å². The lowest BCUT2D eigenvalue weighted by Gasteiger charge is -2.23. The second kappa shape index (κ2) is 6.08. The van der Waals surface area contributed by atoms with Crippen molar-refractivity contribution in [2.45, 2.75) is 58.9 Å². The first-order chi connectivity index (χ1) is 10.1. The van der Waals surface area contributed by atoms with Gasteiger partial charge in [-0.15, -0.1) is 0 Å². The van der Waals surface area contributed by atoms with Crippen molar-refractivity contribution >= 4 is 0 Å². The molecule has 1 N–H and O–H groups in total. The smallest absolute Gasteiger partial charge is 0.128 e. The number of fused-ring (bicyclic) bond motifs is 1. The molecule has 0 spiro atoms. The maximum Gasteiger partial charge on any atom is 0.128 e. The zero-order valence-corrected chi connectivity index (χ0v) is 13.6. The van der Waals surface area contributed by atoms with E-state index in [1.165, 1.54) is 25.7 Å². The number of hydrogen-bond acceptors (Lipinski definition) is 1. The van der Waals surface area contributed by atoms with Crippen LogP contribution in [-0.4, -0.2) is 6.54 Å². The van der Waals surface area contributed by atoms with E-state index < -0.39 is 0 Å². The normalized spacial score (nSPS) is 29.0. The molecule has 2 aliphatic rings. The molecule has 2 heteroatoms. The minimum absolute atomic E-state index is 0.00949. The zero-order chi connectivity index (χ0) is 15.0. The van der Waals surface area contributed by atoms with Gasteiger partial charge in [-0.05, 0) is 74.6 Å². The molecule has 0 amide bonds. The van der Waals surface area contributed by atoms with Crippen LogP contribution in [0.2, 0.25) is 0 Å². The van der Waals surface area contributed by atoms with Gasteiger partial charge < -0.3 is 5.32 Å². The van der Waals surface area contributed by atoms with Crippen LogP contribution in [0.25, 0.3) is 0 Å². The standard InChI is InChI=1S/C19H28FN/c1-4-9-21-19(18-14-7-5-6-8-15(14)18)17-13(3)10-12(2)11-16(17)20/h10-11,14-15,18-19,21H,4-9H2,1-3H3. The predicted molar refractivity (Wildman–Crippen MR) is 85.8 cm³/mol. The summed E-state index contributed by atoms with van der Waals surface area (Å²) in [4.78, 5) is 0. The SMILES string of the molecule is CCCNC(c1c(C)cc(C)cc1F)C1C2CCCCC21. The summed E-state index contributed by atoms with van der Waals surface area (Å²) < 4.78 is 14.6. The Balaban J connectivity index is 1.89. The molecule has 3 rings (SSSR count). The fourth-order valence-electron chi connectivity index (χ4n) is 4.59.